The number of carboxylic acid groups (broad SMARTS) is 1. The molecule has 0 saturated carbocycles. The molecule has 0 bridgehead atoms. The molecule has 0 aromatic rings. The zero-order valence-corrected chi connectivity index (χ0v) is 8.78. The van der Waals surface area contributed by atoms with Crippen LogP contribution in [0.25, 0.3) is 0 Å². The smallest absolute Gasteiger partial charge is 0.304 e. The van der Waals surface area contributed by atoms with E-state index in [4.69, 9.17) is 10.8 Å². The first-order chi connectivity index (χ1) is 6.63. The summed E-state index contributed by atoms with van der Waals surface area (Å²) in [6.07, 6.45) is 3.15. The number of nitrogens with zero attached hydrogens (tertiary/aromatic N) is 1. The SMILES string of the molecule is CCC(CC(=O)O)N1CCC(N)CC1. The van der Waals surface area contributed by atoms with Crippen LogP contribution in [0.2, 0.25) is 0 Å². The highest BCUT2D eigenvalue weighted by atomic mass is 16.4. The molecule has 0 aromatic carbocycles. The van der Waals surface area contributed by atoms with Gasteiger partial charge in [-0.15, -0.1) is 0 Å². The van der Waals surface area contributed by atoms with Crippen molar-refractivity contribution in [3.05, 3.63) is 0 Å². The summed E-state index contributed by atoms with van der Waals surface area (Å²) in [7, 11) is 0. The van der Waals surface area contributed by atoms with Crippen molar-refractivity contribution in [3.63, 3.8) is 0 Å². The van der Waals surface area contributed by atoms with Crippen LogP contribution in [0.15, 0.2) is 0 Å². The largest absolute Gasteiger partial charge is 0.481 e. The first-order valence-corrected chi connectivity index (χ1v) is 5.35. The van der Waals surface area contributed by atoms with E-state index < -0.39 is 5.97 Å². The Labute approximate surface area is 85.1 Å². The molecule has 14 heavy (non-hydrogen) atoms. The zero-order valence-electron chi connectivity index (χ0n) is 8.78. The van der Waals surface area contributed by atoms with Gasteiger partial charge in [0.1, 0.15) is 0 Å². The lowest BCUT2D eigenvalue weighted by molar-refractivity contribution is -0.138. The van der Waals surface area contributed by atoms with E-state index in [9.17, 15) is 4.79 Å². The number of rotatable bonds is 4. The van der Waals surface area contributed by atoms with Gasteiger partial charge in [0.05, 0.1) is 6.42 Å². The summed E-state index contributed by atoms with van der Waals surface area (Å²) in [5.41, 5.74) is 5.80. The van der Waals surface area contributed by atoms with E-state index in [1.54, 1.807) is 0 Å². The molecule has 0 radical (unpaired) electrons. The molecule has 4 heteroatoms. The summed E-state index contributed by atoms with van der Waals surface area (Å²) >= 11 is 0. The Hall–Kier alpha value is -0.610. The second kappa shape index (κ2) is 5.32. The van der Waals surface area contributed by atoms with Gasteiger partial charge in [0.2, 0.25) is 0 Å². The molecule has 0 spiro atoms. The molecule has 1 heterocycles. The fourth-order valence-corrected chi connectivity index (χ4v) is 2.02. The van der Waals surface area contributed by atoms with Crippen LogP contribution >= 0.6 is 0 Å². The number of hydrogen-bond acceptors (Lipinski definition) is 3. The standard InChI is InChI=1S/C10H20N2O2/c1-2-9(7-10(13)14)12-5-3-8(11)4-6-12/h8-9H,2-7,11H2,1H3,(H,13,14). The number of hydrogen-bond donors (Lipinski definition) is 2. The Morgan fingerprint density at radius 1 is 1.57 bits per heavy atom. The van der Waals surface area contributed by atoms with Crippen molar-refractivity contribution in [2.45, 2.75) is 44.7 Å². The molecule has 1 aliphatic rings. The van der Waals surface area contributed by atoms with Crippen molar-refractivity contribution < 1.29 is 9.90 Å². The van der Waals surface area contributed by atoms with Crippen LogP contribution < -0.4 is 5.73 Å². The lowest BCUT2D eigenvalue weighted by Gasteiger charge is -2.35. The Kier molecular flexibility index (Phi) is 4.35. The first-order valence-electron chi connectivity index (χ1n) is 5.35. The third-order valence-electron chi connectivity index (χ3n) is 2.97. The molecule has 1 atom stereocenters. The number of likely N-dealkylation sites (tertiary alicyclic amines) is 1. The average Bonchev–Trinajstić information content (AvgIpc) is 2.15. The van der Waals surface area contributed by atoms with Crippen LogP contribution in [0.4, 0.5) is 0 Å². The average molecular weight is 200 g/mol. The van der Waals surface area contributed by atoms with Crippen LogP contribution in [0.1, 0.15) is 32.6 Å². The fourth-order valence-electron chi connectivity index (χ4n) is 2.02. The van der Waals surface area contributed by atoms with Gasteiger partial charge in [-0.25, -0.2) is 0 Å². The molecule has 0 amide bonds. The van der Waals surface area contributed by atoms with Crippen molar-refractivity contribution in [1.82, 2.24) is 4.90 Å². The zero-order chi connectivity index (χ0) is 10.6. The molecule has 4 nitrogen and oxygen atoms in total. The lowest BCUT2D eigenvalue weighted by Crippen LogP contribution is -2.45. The van der Waals surface area contributed by atoms with Crippen LogP contribution in [0.5, 0.6) is 0 Å². The van der Waals surface area contributed by atoms with Crippen molar-refractivity contribution >= 4 is 5.97 Å². The Morgan fingerprint density at radius 3 is 2.57 bits per heavy atom. The van der Waals surface area contributed by atoms with Gasteiger partial charge in [-0.05, 0) is 32.4 Å². The summed E-state index contributed by atoms with van der Waals surface area (Å²) in [4.78, 5) is 12.9. The Bertz CT molecular complexity index is 189. The predicted molar refractivity (Wildman–Crippen MR) is 55.1 cm³/mol. The molecule has 0 aliphatic carbocycles. The molecule has 3 N–H and O–H groups in total. The monoisotopic (exact) mass is 200 g/mol. The Morgan fingerprint density at radius 2 is 2.14 bits per heavy atom. The molecular weight excluding hydrogens is 180 g/mol. The van der Waals surface area contributed by atoms with Crippen molar-refractivity contribution in [1.29, 1.82) is 0 Å². The number of aliphatic carboxylic acids is 1. The number of carbonyl (C=O) groups is 1. The minimum Gasteiger partial charge on any atom is -0.481 e. The lowest BCUT2D eigenvalue weighted by atomic mass is 10.0. The predicted octanol–water partition coefficient (Wildman–Crippen LogP) is 0.663. The van der Waals surface area contributed by atoms with Gasteiger partial charge in [0, 0.05) is 12.1 Å². The fraction of sp³-hybridized carbons (Fsp3) is 0.900. The molecule has 82 valence electrons. The van der Waals surface area contributed by atoms with Crippen LogP contribution in [-0.2, 0) is 4.79 Å². The van der Waals surface area contributed by atoms with Crippen LogP contribution in [0.3, 0.4) is 0 Å². The minimum atomic E-state index is -0.702. The van der Waals surface area contributed by atoms with E-state index in [2.05, 4.69) is 4.90 Å². The van der Waals surface area contributed by atoms with E-state index >= 15 is 0 Å². The summed E-state index contributed by atoms with van der Waals surface area (Å²) in [5.74, 6) is -0.702. The summed E-state index contributed by atoms with van der Waals surface area (Å²) in [5, 5.41) is 8.75. The molecule has 1 aliphatic heterocycles. The van der Waals surface area contributed by atoms with E-state index in [-0.39, 0.29) is 12.5 Å². The van der Waals surface area contributed by atoms with Crippen molar-refractivity contribution in [3.8, 4) is 0 Å². The van der Waals surface area contributed by atoms with Gasteiger partial charge in [-0.1, -0.05) is 6.92 Å². The van der Waals surface area contributed by atoms with E-state index in [0.29, 0.717) is 6.04 Å². The maximum Gasteiger partial charge on any atom is 0.304 e. The molecule has 0 aromatic heterocycles. The number of piperidine rings is 1. The van der Waals surface area contributed by atoms with E-state index in [1.807, 2.05) is 6.92 Å². The first kappa shape index (κ1) is 11.5. The van der Waals surface area contributed by atoms with Gasteiger partial charge >= 0.3 is 5.97 Å². The minimum absolute atomic E-state index is 0.194. The molecule has 1 fully saturated rings. The maximum atomic E-state index is 10.6. The van der Waals surface area contributed by atoms with Crippen LogP contribution in [0, 0.1) is 0 Å². The highest BCUT2D eigenvalue weighted by Gasteiger charge is 2.23. The summed E-state index contributed by atoms with van der Waals surface area (Å²) in [6.45, 7) is 3.95. The molecule has 1 unspecified atom stereocenters. The second-order valence-corrected chi connectivity index (χ2v) is 4.03. The highest BCUT2D eigenvalue weighted by Crippen LogP contribution is 2.15. The number of nitrogens with two attached hydrogens (primary N) is 1. The number of carboxylic acids is 1. The summed E-state index contributed by atoms with van der Waals surface area (Å²) < 4.78 is 0. The quantitative estimate of drug-likeness (QED) is 0.699. The summed E-state index contributed by atoms with van der Waals surface area (Å²) in [6, 6.07) is 0.508. The van der Waals surface area contributed by atoms with Gasteiger partial charge in [0.15, 0.2) is 0 Å². The van der Waals surface area contributed by atoms with Crippen molar-refractivity contribution in [2.24, 2.45) is 5.73 Å². The van der Waals surface area contributed by atoms with E-state index in [1.165, 1.54) is 0 Å². The third-order valence-corrected chi connectivity index (χ3v) is 2.97. The molecule has 1 saturated heterocycles. The van der Waals surface area contributed by atoms with E-state index in [0.717, 1.165) is 32.4 Å². The normalized spacial score (nSPS) is 22.1. The highest BCUT2D eigenvalue weighted by molar-refractivity contribution is 5.67. The van der Waals surface area contributed by atoms with Gasteiger partial charge in [-0.2, -0.15) is 0 Å². The molecular formula is C10H20N2O2. The van der Waals surface area contributed by atoms with Crippen molar-refractivity contribution in [2.75, 3.05) is 13.1 Å². The molecule has 1 rings (SSSR count). The second-order valence-electron chi connectivity index (χ2n) is 4.03. The van der Waals surface area contributed by atoms with Gasteiger partial charge in [-0.3, -0.25) is 9.69 Å². The maximum absolute atomic E-state index is 10.6. The topological polar surface area (TPSA) is 66.6 Å². The third kappa shape index (κ3) is 3.27. The van der Waals surface area contributed by atoms with Crippen LogP contribution in [-0.4, -0.2) is 41.1 Å². The Balaban J connectivity index is 2.40. The van der Waals surface area contributed by atoms with Gasteiger partial charge in [0.25, 0.3) is 0 Å². The van der Waals surface area contributed by atoms with Gasteiger partial charge < -0.3 is 10.8 Å².